The number of halogens is 3. The Morgan fingerprint density at radius 3 is 1.43 bits per heavy atom. The van der Waals surface area contributed by atoms with Gasteiger partial charge in [-0.15, -0.1) is 0 Å². The number of benzene rings is 6. The molecule has 1 unspecified atom stereocenters. The number of hydrogen-bond donors (Lipinski definition) is 1. The molecule has 63 heavy (non-hydrogen) atoms. The first-order valence-electron chi connectivity index (χ1n) is 20.3. The summed E-state index contributed by atoms with van der Waals surface area (Å²) in [6, 6.07) is 44.1. The van der Waals surface area contributed by atoms with Crippen LogP contribution < -0.4 is 19.6 Å². The van der Waals surface area contributed by atoms with E-state index in [0.717, 1.165) is 26.9 Å². The highest BCUT2D eigenvalue weighted by Gasteiger charge is 2.72. The number of ether oxygens (including phenoxy) is 2. The van der Waals surface area contributed by atoms with Gasteiger partial charge in [0.2, 0.25) is 5.72 Å². The summed E-state index contributed by atoms with van der Waals surface area (Å²) >= 11 is 15.4. The molecule has 0 saturated carbocycles. The normalized spacial score (nSPS) is 19.3. The monoisotopic (exact) mass is 946 g/mol. The summed E-state index contributed by atoms with van der Waals surface area (Å²) in [4.78, 5) is 45.9. The van der Waals surface area contributed by atoms with Crippen LogP contribution >= 0.6 is 39.1 Å². The van der Waals surface area contributed by atoms with Crippen LogP contribution in [0.4, 0.5) is 32.3 Å². The van der Waals surface area contributed by atoms with Gasteiger partial charge in [0.1, 0.15) is 5.54 Å². The van der Waals surface area contributed by atoms with Crippen LogP contribution in [0.2, 0.25) is 10.0 Å². The number of carbonyl (C=O) groups excluding carboxylic acids is 3. The molecule has 4 heterocycles. The predicted octanol–water partition coefficient (Wildman–Crippen LogP) is 11.2. The van der Waals surface area contributed by atoms with E-state index in [9.17, 15) is 19.5 Å². The Hall–Kier alpha value is -5.53. The number of carbonyl (C=O) groups is 3. The quantitative estimate of drug-likeness (QED) is 0.173. The van der Waals surface area contributed by atoms with Crippen molar-refractivity contribution in [3.05, 3.63) is 188 Å². The van der Waals surface area contributed by atoms with E-state index in [1.165, 1.54) is 15.4 Å². The van der Waals surface area contributed by atoms with Crippen molar-refractivity contribution in [1.29, 1.82) is 0 Å². The predicted molar refractivity (Wildman–Crippen MR) is 252 cm³/mol. The molecular formula is C50H45BrCl2N4O6. The van der Waals surface area contributed by atoms with Gasteiger partial charge >= 0.3 is 12.1 Å². The van der Waals surface area contributed by atoms with E-state index in [-0.39, 0.29) is 44.4 Å². The van der Waals surface area contributed by atoms with Crippen molar-refractivity contribution in [2.45, 2.75) is 44.5 Å². The van der Waals surface area contributed by atoms with Gasteiger partial charge in [-0.25, -0.2) is 14.5 Å². The van der Waals surface area contributed by atoms with E-state index >= 15 is 0 Å². The number of amides is 5. The maximum atomic E-state index is 14.0. The third-order valence-electron chi connectivity index (χ3n) is 11.7. The molecule has 6 aromatic carbocycles. The fourth-order valence-electron chi connectivity index (χ4n) is 8.31. The van der Waals surface area contributed by atoms with E-state index in [1.807, 2.05) is 106 Å². The Bertz CT molecular complexity index is 2640. The molecule has 13 heteroatoms. The minimum atomic E-state index is -1.63. The van der Waals surface area contributed by atoms with Crippen molar-refractivity contribution < 1.29 is 29.0 Å². The lowest BCUT2D eigenvalue weighted by atomic mass is 9.78. The summed E-state index contributed by atoms with van der Waals surface area (Å²) in [5.41, 5.74) is 4.07. The third kappa shape index (κ3) is 7.92. The lowest BCUT2D eigenvalue weighted by Crippen LogP contribution is -2.70. The maximum absolute atomic E-state index is 14.0. The molecule has 0 aliphatic carbocycles. The fraction of sp³-hybridized carbons (Fsp3) is 0.220. The molecule has 0 bridgehead atoms. The molecule has 4 fully saturated rings. The molecule has 0 aromatic heterocycles. The van der Waals surface area contributed by atoms with Crippen LogP contribution in [0.1, 0.15) is 27.8 Å². The molecule has 4 aliphatic heterocycles. The zero-order valence-corrected chi connectivity index (χ0v) is 38.2. The summed E-state index contributed by atoms with van der Waals surface area (Å²) in [6.45, 7) is 8.87. The van der Waals surface area contributed by atoms with Crippen molar-refractivity contribution in [3.63, 3.8) is 0 Å². The van der Waals surface area contributed by atoms with Crippen LogP contribution in [0.3, 0.4) is 0 Å². The minimum Gasteiger partial charge on any atom is -0.376 e. The average Bonchev–Trinajstić information content (AvgIpc) is 3.60. The lowest BCUT2D eigenvalue weighted by molar-refractivity contribution is -0.153. The zero-order valence-electron chi connectivity index (χ0n) is 35.1. The smallest absolute Gasteiger partial charge is 0.337 e. The molecule has 1 atom stereocenters. The second-order valence-corrected chi connectivity index (χ2v) is 18.0. The third-order valence-corrected chi connectivity index (χ3v) is 12.7. The molecule has 4 saturated heterocycles. The number of imide groups is 1. The van der Waals surface area contributed by atoms with Crippen molar-refractivity contribution in [1.82, 2.24) is 0 Å². The first-order valence-corrected chi connectivity index (χ1v) is 21.9. The Balaban J connectivity index is 0.000000150. The number of hydrogen-bond acceptors (Lipinski definition) is 6. The largest absolute Gasteiger partial charge is 0.376 e. The molecular weight excluding hydrogens is 903 g/mol. The van der Waals surface area contributed by atoms with Crippen LogP contribution in [0.25, 0.3) is 0 Å². The Labute approximate surface area is 385 Å². The van der Waals surface area contributed by atoms with Gasteiger partial charge in [-0.3, -0.25) is 19.5 Å². The first-order chi connectivity index (χ1) is 30.2. The highest BCUT2D eigenvalue weighted by Crippen LogP contribution is 2.54. The van der Waals surface area contributed by atoms with Gasteiger partial charge < -0.3 is 14.6 Å². The zero-order chi connectivity index (χ0) is 44.7. The van der Waals surface area contributed by atoms with Crippen LogP contribution in [0.5, 0.6) is 0 Å². The molecule has 2 spiro atoms. The molecule has 0 radical (unpaired) electrons. The summed E-state index contributed by atoms with van der Waals surface area (Å²) in [7, 11) is 0. The van der Waals surface area contributed by atoms with E-state index in [0.29, 0.717) is 32.7 Å². The number of urea groups is 2. The van der Waals surface area contributed by atoms with Crippen LogP contribution in [0, 0.1) is 27.7 Å². The molecule has 6 aromatic rings. The number of aliphatic hydroxyl groups is 1. The van der Waals surface area contributed by atoms with Crippen molar-refractivity contribution in [2.75, 3.05) is 46.0 Å². The standard InChI is InChI=1S/C25H23ClN2O3.C18H15ClN2O3.C7H7Br/c1-17-6-10-21(11-7-17)27-23(29)28(22-12-8-20(26)9-13-22)25(30,24(27)15-31-16-24)19-5-3-4-18(2)14-19;1-12-2-6-15(7-3-12)21-17(23)20(14-8-4-13(19)5-9-14)16(22)18(21)10-24-11-18;1-6-3-2-4-7(8)5-6/h3-14,30H,15-16H2,1-2H3;2-9H,10-11H2,1H3;2-5H,1H3. The molecule has 4 aliphatic rings. The van der Waals surface area contributed by atoms with E-state index in [2.05, 4.69) is 35.0 Å². The first kappa shape index (κ1) is 44.1. The summed E-state index contributed by atoms with van der Waals surface area (Å²) in [5.74, 6) is -0.262. The van der Waals surface area contributed by atoms with Crippen LogP contribution in [0.15, 0.2) is 150 Å². The van der Waals surface area contributed by atoms with E-state index in [1.54, 1.807) is 58.3 Å². The second-order valence-electron chi connectivity index (χ2n) is 16.2. The van der Waals surface area contributed by atoms with Gasteiger partial charge in [-0.1, -0.05) is 122 Å². The van der Waals surface area contributed by atoms with E-state index < -0.39 is 16.8 Å². The molecule has 10 rings (SSSR count). The van der Waals surface area contributed by atoms with Gasteiger partial charge in [0.15, 0.2) is 5.54 Å². The van der Waals surface area contributed by atoms with Gasteiger partial charge in [0, 0.05) is 37.1 Å². The average molecular weight is 949 g/mol. The van der Waals surface area contributed by atoms with Crippen molar-refractivity contribution in [2.24, 2.45) is 0 Å². The molecule has 5 amide bonds. The molecule has 10 nitrogen and oxygen atoms in total. The van der Waals surface area contributed by atoms with Gasteiger partial charge in [0.25, 0.3) is 5.91 Å². The van der Waals surface area contributed by atoms with Gasteiger partial charge in [-0.05, 0) is 113 Å². The maximum Gasteiger partial charge on any atom is 0.337 e. The fourth-order valence-corrected chi connectivity index (χ4v) is 9.07. The Kier molecular flexibility index (Phi) is 12.3. The summed E-state index contributed by atoms with van der Waals surface area (Å²) in [5, 5.41) is 13.6. The summed E-state index contributed by atoms with van der Waals surface area (Å²) in [6.07, 6.45) is 0. The number of rotatable bonds is 5. The number of anilines is 4. The number of nitrogens with zero attached hydrogens (tertiary/aromatic N) is 4. The number of aryl methyl sites for hydroxylation is 4. The second kappa shape index (κ2) is 17.6. The van der Waals surface area contributed by atoms with Gasteiger partial charge in [0.05, 0.1) is 32.1 Å². The minimum absolute atomic E-state index is 0.204. The highest BCUT2D eigenvalue weighted by molar-refractivity contribution is 9.10. The molecule has 322 valence electrons. The Morgan fingerprint density at radius 1 is 0.524 bits per heavy atom. The SMILES string of the molecule is Cc1ccc(N2C(=O)N(c3ccc(Cl)cc3)C(=O)C23COC3)cc1.Cc1ccc(N2C(=O)N(c3ccc(Cl)cc3)C(O)(c3cccc(C)c3)C23COC3)cc1.Cc1cccc(Br)c1. The molecule has 1 N–H and O–H groups in total. The highest BCUT2D eigenvalue weighted by atomic mass is 79.9. The van der Waals surface area contributed by atoms with Crippen LogP contribution in [-0.4, -0.2) is 60.6 Å². The summed E-state index contributed by atoms with van der Waals surface area (Å²) < 4.78 is 12.1. The topological polar surface area (TPSA) is 103 Å². The van der Waals surface area contributed by atoms with Crippen molar-refractivity contribution in [3.8, 4) is 0 Å². The van der Waals surface area contributed by atoms with Gasteiger partial charge in [-0.2, -0.15) is 0 Å². The van der Waals surface area contributed by atoms with Crippen molar-refractivity contribution >= 4 is 79.9 Å². The Morgan fingerprint density at radius 2 is 0.984 bits per heavy atom. The van der Waals surface area contributed by atoms with E-state index in [4.69, 9.17) is 32.7 Å². The van der Waals surface area contributed by atoms with Crippen LogP contribution in [-0.2, 0) is 20.0 Å². The lowest BCUT2D eigenvalue weighted by Gasteiger charge is -2.51.